The fraction of sp³-hybridized carbons (Fsp3) is 0.462. The number of ether oxygens (including phenoxy) is 3. The first kappa shape index (κ1) is 12.5. The van der Waals surface area contributed by atoms with Crippen molar-refractivity contribution in [2.75, 3.05) is 13.3 Å². The Bertz CT molecular complexity index is 468. The molecule has 0 aliphatic carbocycles. The van der Waals surface area contributed by atoms with Gasteiger partial charge in [-0.05, 0) is 19.5 Å². The first-order chi connectivity index (χ1) is 8.74. The summed E-state index contributed by atoms with van der Waals surface area (Å²) in [5, 5.41) is 12.0. The van der Waals surface area contributed by atoms with E-state index in [1.54, 1.807) is 13.0 Å². The smallest absolute Gasteiger partial charge is 0.231 e. The maximum atomic E-state index is 8.81. The molecule has 0 aromatic heterocycles. The average Bonchev–Trinajstić information content (AvgIpc) is 2.82. The van der Waals surface area contributed by atoms with Crippen molar-refractivity contribution in [3.63, 3.8) is 0 Å². The van der Waals surface area contributed by atoms with Crippen LogP contribution < -0.4 is 19.5 Å². The lowest BCUT2D eigenvalue weighted by Gasteiger charge is -2.14. The summed E-state index contributed by atoms with van der Waals surface area (Å²) < 4.78 is 16.2. The van der Waals surface area contributed by atoms with Gasteiger partial charge in [-0.15, -0.1) is 0 Å². The molecule has 1 aliphatic rings. The largest absolute Gasteiger partial charge is 0.475 e. The Balaban J connectivity index is 2.26. The summed E-state index contributed by atoms with van der Waals surface area (Å²) >= 11 is 0. The Hall–Kier alpha value is -1.93. The first-order valence-electron chi connectivity index (χ1n) is 5.94. The third-order valence-electron chi connectivity index (χ3n) is 2.61. The van der Waals surface area contributed by atoms with E-state index in [9.17, 15) is 0 Å². The molecule has 18 heavy (non-hydrogen) atoms. The molecule has 1 atom stereocenters. The fourth-order valence-electron chi connectivity index (χ4n) is 1.69. The van der Waals surface area contributed by atoms with Gasteiger partial charge in [-0.25, -0.2) is 0 Å². The predicted molar refractivity (Wildman–Crippen MR) is 65.6 cm³/mol. The number of nitrogens with one attached hydrogen (secondary N) is 1. The second kappa shape index (κ2) is 5.61. The molecular weight excluding hydrogens is 232 g/mol. The van der Waals surface area contributed by atoms with Crippen LogP contribution in [0.2, 0.25) is 0 Å². The third kappa shape index (κ3) is 2.66. The molecule has 0 saturated carbocycles. The lowest BCUT2D eigenvalue weighted by molar-refractivity contribution is 0.173. The Kier molecular flexibility index (Phi) is 3.90. The highest BCUT2D eigenvalue weighted by molar-refractivity contribution is 5.52. The molecule has 0 saturated heterocycles. The maximum Gasteiger partial charge on any atom is 0.231 e. The molecular formula is C13H16N2O3. The van der Waals surface area contributed by atoms with E-state index in [0.717, 1.165) is 17.9 Å². The summed E-state index contributed by atoms with van der Waals surface area (Å²) in [7, 11) is 0. The standard InChI is InChI=1S/C13H16N2O3/c1-3-15-7-10-4-12-13(17-8-16-12)5-11(10)18-9(2)6-14/h4-5,9,15H,3,7-8H2,1-2H3. The van der Waals surface area contributed by atoms with Gasteiger partial charge in [0.15, 0.2) is 17.6 Å². The van der Waals surface area contributed by atoms with E-state index in [2.05, 4.69) is 5.32 Å². The van der Waals surface area contributed by atoms with Crippen molar-refractivity contribution < 1.29 is 14.2 Å². The molecule has 1 aliphatic heterocycles. The van der Waals surface area contributed by atoms with Crippen LogP contribution in [-0.4, -0.2) is 19.4 Å². The Morgan fingerprint density at radius 2 is 2.17 bits per heavy atom. The average molecular weight is 248 g/mol. The molecule has 5 heteroatoms. The van der Waals surface area contributed by atoms with Gasteiger partial charge in [0.1, 0.15) is 11.8 Å². The van der Waals surface area contributed by atoms with Crippen LogP contribution in [0.15, 0.2) is 12.1 Å². The van der Waals surface area contributed by atoms with E-state index < -0.39 is 6.10 Å². The molecule has 96 valence electrons. The monoisotopic (exact) mass is 248 g/mol. The summed E-state index contributed by atoms with van der Waals surface area (Å²) in [6.07, 6.45) is -0.495. The molecule has 2 rings (SSSR count). The van der Waals surface area contributed by atoms with Crippen LogP contribution >= 0.6 is 0 Å². The van der Waals surface area contributed by atoms with Crippen molar-refractivity contribution in [2.45, 2.75) is 26.5 Å². The minimum absolute atomic E-state index is 0.229. The zero-order chi connectivity index (χ0) is 13.0. The number of hydrogen-bond acceptors (Lipinski definition) is 5. The second-order valence-electron chi connectivity index (χ2n) is 3.98. The molecule has 1 aromatic carbocycles. The van der Waals surface area contributed by atoms with Crippen molar-refractivity contribution >= 4 is 0 Å². The molecule has 0 fully saturated rings. The van der Waals surface area contributed by atoms with Crippen LogP contribution in [0.3, 0.4) is 0 Å². The highest BCUT2D eigenvalue weighted by Crippen LogP contribution is 2.38. The number of rotatable bonds is 5. The number of nitrogens with zero attached hydrogens (tertiary/aromatic N) is 1. The number of benzene rings is 1. The van der Waals surface area contributed by atoms with E-state index in [1.165, 1.54) is 0 Å². The van der Waals surface area contributed by atoms with Crippen LogP contribution in [-0.2, 0) is 6.54 Å². The van der Waals surface area contributed by atoms with Crippen molar-refractivity contribution in [3.05, 3.63) is 17.7 Å². The molecule has 0 bridgehead atoms. The number of nitriles is 1. The highest BCUT2D eigenvalue weighted by atomic mass is 16.7. The molecule has 1 aromatic rings. The summed E-state index contributed by atoms with van der Waals surface area (Å²) in [5.74, 6) is 2.05. The number of hydrogen-bond donors (Lipinski definition) is 1. The van der Waals surface area contributed by atoms with Gasteiger partial charge in [-0.1, -0.05) is 6.92 Å². The van der Waals surface area contributed by atoms with Gasteiger partial charge in [0, 0.05) is 18.2 Å². The van der Waals surface area contributed by atoms with Crippen LogP contribution in [0.5, 0.6) is 17.2 Å². The molecule has 1 unspecified atom stereocenters. The first-order valence-corrected chi connectivity index (χ1v) is 5.94. The SMILES string of the molecule is CCNCc1cc2c(cc1OC(C)C#N)OCO2. The van der Waals surface area contributed by atoms with Gasteiger partial charge in [-0.2, -0.15) is 5.26 Å². The van der Waals surface area contributed by atoms with E-state index in [4.69, 9.17) is 19.5 Å². The van der Waals surface area contributed by atoms with Crippen LogP contribution in [0.1, 0.15) is 19.4 Å². The Morgan fingerprint density at radius 3 is 2.83 bits per heavy atom. The van der Waals surface area contributed by atoms with Gasteiger partial charge in [0.25, 0.3) is 0 Å². The molecule has 1 N–H and O–H groups in total. The van der Waals surface area contributed by atoms with Crippen molar-refractivity contribution in [3.8, 4) is 23.3 Å². The summed E-state index contributed by atoms with van der Waals surface area (Å²) in [6, 6.07) is 5.72. The van der Waals surface area contributed by atoms with E-state index >= 15 is 0 Å². The molecule has 0 radical (unpaired) electrons. The third-order valence-corrected chi connectivity index (χ3v) is 2.61. The second-order valence-corrected chi connectivity index (χ2v) is 3.98. The zero-order valence-electron chi connectivity index (χ0n) is 10.5. The molecule has 0 spiro atoms. The topological polar surface area (TPSA) is 63.5 Å². The van der Waals surface area contributed by atoms with Gasteiger partial charge >= 0.3 is 0 Å². The summed E-state index contributed by atoms with van der Waals surface area (Å²) in [5.41, 5.74) is 0.961. The van der Waals surface area contributed by atoms with Crippen molar-refractivity contribution in [1.82, 2.24) is 5.32 Å². The molecule has 5 nitrogen and oxygen atoms in total. The minimum Gasteiger partial charge on any atom is -0.475 e. The Morgan fingerprint density at radius 1 is 1.44 bits per heavy atom. The van der Waals surface area contributed by atoms with Crippen LogP contribution in [0, 0.1) is 11.3 Å². The highest BCUT2D eigenvalue weighted by Gasteiger charge is 2.18. The normalized spacial score (nSPS) is 14.1. The predicted octanol–water partition coefficient (Wildman–Crippen LogP) is 1.82. The lowest BCUT2D eigenvalue weighted by Crippen LogP contribution is -2.15. The van der Waals surface area contributed by atoms with Gasteiger partial charge in [0.2, 0.25) is 6.79 Å². The van der Waals surface area contributed by atoms with Gasteiger partial charge < -0.3 is 19.5 Å². The van der Waals surface area contributed by atoms with Crippen LogP contribution in [0.25, 0.3) is 0 Å². The maximum absolute atomic E-state index is 8.81. The van der Waals surface area contributed by atoms with Crippen molar-refractivity contribution in [2.24, 2.45) is 0 Å². The van der Waals surface area contributed by atoms with E-state index in [-0.39, 0.29) is 6.79 Å². The molecule has 0 amide bonds. The lowest BCUT2D eigenvalue weighted by atomic mass is 10.1. The Labute approximate surface area is 106 Å². The van der Waals surface area contributed by atoms with Gasteiger partial charge in [0.05, 0.1) is 0 Å². The summed E-state index contributed by atoms with van der Waals surface area (Å²) in [4.78, 5) is 0. The quantitative estimate of drug-likeness (QED) is 0.861. The number of fused-ring (bicyclic) bond motifs is 1. The minimum atomic E-state index is -0.495. The molecule has 1 heterocycles. The zero-order valence-corrected chi connectivity index (χ0v) is 10.5. The van der Waals surface area contributed by atoms with E-state index in [1.807, 2.05) is 19.1 Å². The summed E-state index contributed by atoms with van der Waals surface area (Å²) in [6.45, 7) is 5.50. The van der Waals surface area contributed by atoms with E-state index in [0.29, 0.717) is 18.0 Å². The van der Waals surface area contributed by atoms with Crippen molar-refractivity contribution in [1.29, 1.82) is 5.26 Å². The fourth-order valence-corrected chi connectivity index (χ4v) is 1.69. The van der Waals surface area contributed by atoms with Crippen LogP contribution in [0.4, 0.5) is 0 Å². The van der Waals surface area contributed by atoms with Gasteiger partial charge in [-0.3, -0.25) is 0 Å².